The highest BCUT2D eigenvalue weighted by Gasteiger charge is 2.15. The van der Waals surface area contributed by atoms with Crippen molar-refractivity contribution < 1.29 is 4.79 Å². The summed E-state index contributed by atoms with van der Waals surface area (Å²) in [6, 6.07) is 11.7. The molecule has 1 aromatic carbocycles. The van der Waals surface area contributed by atoms with Crippen LogP contribution < -0.4 is 5.32 Å². The molecule has 27 heavy (non-hydrogen) atoms. The molecule has 3 aromatic rings. The molecule has 2 aromatic heterocycles. The third-order valence-electron chi connectivity index (χ3n) is 3.73. The van der Waals surface area contributed by atoms with Gasteiger partial charge < -0.3 is 5.32 Å². The summed E-state index contributed by atoms with van der Waals surface area (Å²) in [5, 5.41) is 21.9. The zero-order valence-electron chi connectivity index (χ0n) is 15.1. The minimum Gasteiger partial charge on any atom is -0.320 e. The Hall–Kier alpha value is -2.76. The van der Waals surface area contributed by atoms with Crippen molar-refractivity contribution in [3.63, 3.8) is 0 Å². The normalized spacial score (nSPS) is 10.4. The fraction of sp³-hybridized carbons (Fsp3) is 0.211. The van der Waals surface area contributed by atoms with Crippen molar-refractivity contribution in [1.82, 2.24) is 15.2 Å². The average molecular weight is 396 g/mol. The summed E-state index contributed by atoms with van der Waals surface area (Å²) >= 11 is 2.66. The van der Waals surface area contributed by atoms with Crippen LogP contribution in [0.1, 0.15) is 37.2 Å². The maximum absolute atomic E-state index is 12.3. The second-order valence-corrected chi connectivity index (χ2v) is 8.01. The van der Waals surface area contributed by atoms with Gasteiger partial charge in [0.05, 0.1) is 11.3 Å². The number of aromatic nitrogens is 3. The number of anilines is 1. The summed E-state index contributed by atoms with van der Waals surface area (Å²) in [6.45, 7) is 5.79. The summed E-state index contributed by atoms with van der Waals surface area (Å²) in [6.07, 6.45) is 0. The number of carbonyl (C=O) groups is 1. The highest BCUT2D eigenvalue weighted by molar-refractivity contribution is 7.98. The molecule has 0 spiro atoms. The Bertz CT molecular complexity index is 1020. The van der Waals surface area contributed by atoms with Crippen molar-refractivity contribution in [2.75, 3.05) is 5.32 Å². The fourth-order valence-electron chi connectivity index (χ4n) is 2.40. The van der Waals surface area contributed by atoms with Gasteiger partial charge in [-0.2, -0.15) is 5.26 Å². The fourth-order valence-corrected chi connectivity index (χ4v) is 4.22. The number of carbonyl (C=O) groups excluding carboxylic acids is 1. The van der Waals surface area contributed by atoms with Gasteiger partial charge in [-0.15, -0.1) is 10.2 Å². The van der Waals surface area contributed by atoms with Gasteiger partial charge in [0.25, 0.3) is 5.91 Å². The Labute approximate surface area is 165 Å². The Morgan fingerprint density at radius 1 is 1.22 bits per heavy atom. The minimum absolute atomic E-state index is 0.283. The molecule has 136 valence electrons. The van der Waals surface area contributed by atoms with Crippen LogP contribution in [0.15, 0.2) is 35.4 Å². The van der Waals surface area contributed by atoms with Crippen molar-refractivity contribution in [3.8, 4) is 6.07 Å². The van der Waals surface area contributed by atoms with Gasteiger partial charge in [-0.3, -0.25) is 4.79 Å². The molecular formula is C19H17N5OS2. The second-order valence-electron chi connectivity index (χ2n) is 5.98. The van der Waals surface area contributed by atoms with Crippen LogP contribution in [0.5, 0.6) is 0 Å². The summed E-state index contributed by atoms with van der Waals surface area (Å²) in [5.74, 6) is 0.217. The Morgan fingerprint density at radius 3 is 2.67 bits per heavy atom. The molecule has 8 heteroatoms. The van der Waals surface area contributed by atoms with Gasteiger partial charge in [0, 0.05) is 11.4 Å². The quantitative estimate of drug-likeness (QED) is 0.649. The van der Waals surface area contributed by atoms with Crippen molar-refractivity contribution in [3.05, 3.63) is 62.7 Å². The van der Waals surface area contributed by atoms with E-state index in [1.165, 1.54) is 23.1 Å². The zero-order valence-corrected chi connectivity index (χ0v) is 16.7. The number of nitriles is 1. The molecule has 0 aliphatic heterocycles. The van der Waals surface area contributed by atoms with Crippen LogP contribution in [0.2, 0.25) is 0 Å². The van der Waals surface area contributed by atoms with E-state index in [0.717, 1.165) is 22.5 Å². The van der Waals surface area contributed by atoms with Crippen LogP contribution in [0, 0.1) is 32.1 Å². The van der Waals surface area contributed by atoms with E-state index in [1.54, 1.807) is 0 Å². The Balaban J connectivity index is 1.67. The highest BCUT2D eigenvalue weighted by atomic mass is 32.2. The van der Waals surface area contributed by atoms with E-state index < -0.39 is 0 Å². The van der Waals surface area contributed by atoms with E-state index in [-0.39, 0.29) is 5.91 Å². The molecule has 0 atom stereocenters. The number of aryl methyl sites for hydroxylation is 3. The van der Waals surface area contributed by atoms with Gasteiger partial charge in [-0.1, -0.05) is 40.8 Å². The summed E-state index contributed by atoms with van der Waals surface area (Å²) in [5.41, 5.74) is 4.19. The molecule has 2 heterocycles. The molecule has 6 nitrogen and oxygen atoms in total. The van der Waals surface area contributed by atoms with Crippen molar-refractivity contribution in [2.45, 2.75) is 31.6 Å². The zero-order chi connectivity index (χ0) is 19.4. The van der Waals surface area contributed by atoms with Crippen molar-refractivity contribution >= 4 is 34.7 Å². The molecule has 0 bridgehead atoms. The first kappa shape index (κ1) is 19.0. The van der Waals surface area contributed by atoms with E-state index in [1.807, 2.05) is 51.1 Å². The molecule has 1 N–H and O–H groups in total. The lowest BCUT2D eigenvalue weighted by atomic mass is 10.1. The van der Waals surface area contributed by atoms with Crippen LogP contribution in [-0.4, -0.2) is 21.1 Å². The molecule has 0 aliphatic carbocycles. The van der Waals surface area contributed by atoms with Gasteiger partial charge in [0.2, 0.25) is 5.01 Å². The van der Waals surface area contributed by atoms with E-state index in [2.05, 4.69) is 26.6 Å². The Kier molecular flexibility index (Phi) is 5.84. The Morgan fingerprint density at radius 2 is 1.96 bits per heavy atom. The number of thioether (sulfide) groups is 1. The third-order valence-corrected chi connectivity index (χ3v) is 5.82. The smallest absolute Gasteiger partial charge is 0.286 e. The molecule has 0 unspecified atom stereocenters. The lowest BCUT2D eigenvalue weighted by Gasteiger charge is -2.05. The maximum atomic E-state index is 12.3. The molecule has 3 rings (SSSR count). The minimum atomic E-state index is -0.283. The number of rotatable bonds is 5. The standard InChI is InChI=1S/C19H17N5OS2/c1-11-4-6-14(7-5-11)22-17(25)19-24-23-16(27-19)10-26-18-15(9-20)12(2)8-13(3)21-18/h4-8H,10H2,1-3H3,(H,22,25). The predicted octanol–water partition coefficient (Wildman–Crippen LogP) is 4.27. The molecule has 1 amide bonds. The number of benzene rings is 1. The van der Waals surface area contributed by atoms with Crippen molar-refractivity contribution in [1.29, 1.82) is 5.26 Å². The largest absolute Gasteiger partial charge is 0.320 e. The second kappa shape index (κ2) is 8.29. The number of hydrogen-bond donors (Lipinski definition) is 1. The van der Waals surface area contributed by atoms with Crippen LogP contribution in [0.25, 0.3) is 0 Å². The maximum Gasteiger partial charge on any atom is 0.286 e. The monoisotopic (exact) mass is 395 g/mol. The van der Waals surface area contributed by atoms with E-state index in [4.69, 9.17) is 0 Å². The summed E-state index contributed by atoms with van der Waals surface area (Å²) in [4.78, 5) is 16.8. The lowest BCUT2D eigenvalue weighted by molar-refractivity contribution is 0.102. The van der Waals surface area contributed by atoms with E-state index in [9.17, 15) is 10.1 Å². The molecule has 0 saturated carbocycles. The van der Waals surface area contributed by atoms with Gasteiger partial charge in [0.1, 0.15) is 16.1 Å². The topological polar surface area (TPSA) is 91.6 Å². The van der Waals surface area contributed by atoms with E-state index >= 15 is 0 Å². The van der Waals surface area contributed by atoms with Crippen molar-refractivity contribution in [2.24, 2.45) is 0 Å². The molecular weight excluding hydrogens is 378 g/mol. The third kappa shape index (κ3) is 4.70. The number of pyridine rings is 1. The van der Waals surface area contributed by atoms with Crippen LogP contribution >= 0.6 is 23.1 Å². The molecule has 0 fully saturated rings. The number of nitrogens with one attached hydrogen (secondary N) is 1. The predicted molar refractivity (Wildman–Crippen MR) is 107 cm³/mol. The summed E-state index contributed by atoms with van der Waals surface area (Å²) in [7, 11) is 0. The average Bonchev–Trinajstić information content (AvgIpc) is 3.11. The number of amides is 1. The van der Waals surface area contributed by atoms with Crippen LogP contribution in [0.3, 0.4) is 0 Å². The molecule has 0 radical (unpaired) electrons. The lowest BCUT2D eigenvalue weighted by Crippen LogP contribution is -2.11. The molecule has 0 saturated heterocycles. The number of hydrogen-bond acceptors (Lipinski definition) is 7. The number of nitrogens with zero attached hydrogens (tertiary/aromatic N) is 4. The summed E-state index contributed by atoms with van der Waals surface area (Å²) < 4.78 is 0. The van der Waals surface area contributed by atoms with Gasteiger partial charge in [-0.05, 0) is 44.5 Å². The van der Waals surface area contributed by atoms with Gasteiger partial charge in [0.15, 0.2) is 0 Å². The highest BCUT2D eigenvalue weighted by Crippen LogP contribution is 2.28. The first-order valence-electron chi connectivity index (χ1n) is 8.18. The SMILES string of the molecule is Cc1ccc(NC(=O)c2nnc(CSc3nc(C)cc(C)c3C#N)s2)cc1. The first-order chi connectivity index (χ1) is 13.0. The van der Waals surface area contributed by atoms with E-state index in [0.29, 0.717) is 26.4 Å². The van der Waals surface area contributed by atoms with Gasteiger partial charge in [-0.25, -0.2) is 4.98 Å². The van der Waals surface area contributed by atoms with Crippen LogP contribution in [-0.2, 0) is 5.75 Å². The first-order valence-corrected chi connectivity index (χ1v) is 9.98. The van der Waals surface area contributed by atoms with Gasteiger partial charge >= 0.3 is 0 Å². The van der Waals surface area contributed by atoms with Crippen LogP contribution in [0.4, 0.5) is 5.69 Å². The molecule has 0 aliphatic rings.